The number of alkyl halides is 4. The lowest BCUT2D eigenvalue weighted by Gasteiger charge is -2.14. The van der Waals surface area contributed by atoms with Gasteiger partial charge in [-0.25, -0.2) is 0 Å². The molecule has 2 nitrogen and oxygen atoms in total. The third-order valence-corrected chi connectivity index (χ3v) is 2.85. The van der Waals surface area contributed by atoms with Crippen LogP contribution in [0.15, 0.2) is 34.5 Å². The fourth-order valence-electron chi connectivity index (χ4n) is 1.27. The van der Waals surface area contributed by atoms with Gasteiger partial charge < -0.3 is 0 Å². The van der Waals surface area contributed by atoms with Crippen LogP contribution < -0.4 is 0 Å². The van der Waals surface area contributed by atoms with Gasteiger partial charge in [-0.2, -0.15) is 13.2 Å². The highest BCUT2D eigenvalue weighted by molar-refractivity contribution is 9.08. The van der Waals surface area contributed by atoms with Crippen LogP contribution in [0.25, 0.3) is 0 Å². The standard InChI is InChI=1S/C9H6BrF3N2/c10-5-6-1-3-7(4-2-6)8(14-15-8)9(11,12)13/h1-4H,5H2. The third kappa shape index (κ3) is 1.67. The van der Waals surface area contributed by atoms with Gasteiger partial charge in [0.1, 0.15) is 0 Å². The molecule has 1 heterocycles. The van der Waals surface area contributed by atoms with Crippen molar-refractivity contribution in [2.75, 3.05) is 0 Å². The molecule has 0 atom stereocenters. The van der Waals surface area contributed by atoms with Crippen LogP contribution in [-0.2, 0) is 11.0 Å². The van der Waals surface area contributed by atoms with Gasteiger partial charge in [0.05, 0.1) is 0 Å². The van der Waals surface area contributed by atoms with Gasteiger partial charge in [0.15, 0.2) is 0 Å². The predicted octanol–water partition coefficient (Wildman–Crippen LogP) is 3.76. The average molecular weight is 279 g/mol. The van der Waals surface area contributed by atoms with Crippen molar-refractivity contribution in [3.8, 4) is 0 Å². The first kappa shape index (κ1) is 10.6. The molecule has 0 spiro atoms. The van der Waals surface area contributed by atoms with Gasteiger partial charge >= 0.3 is 11.8 Å². The highest BCUT2D eigenvalue weighted by atomic mass is 79.9. The van der Waals surface area contributed by atoms with E-state index >= 15 is 0 Å². The lowest BCUT2D eigenvalue weighted by Crippen LogP contribution is -2.29. The van der Waals surface area contributed by atoms with E-state index in [2.05, 4.69) is 26.2 Å². The van der Waals surface area contributed by atoms with Crippen LogP contribution in [0.5, 0.6) is 0 Å². The van der Waals surface area contributed by atoms with E-state index in [-0.39, 0.29) is 5.56 Å². The SMILES string of the molecule is FC(F)(F)C1(c2ccc(CBr)cc2)N=N1. The van der Waals surface area contributed by atoms with Crippen molar-refractivity contribution in [2.45, 2.75) is 17.2 Å². The molecule has 0 fully saturated rings. The maximum Gasteiger partial charge on any atom is 0.442 e. The molecule has 0 radical (unpaired) electrons. The maximum atomic E-state index is 12.6. The molecule has 1 aromatic carbocycles. The van der Waals surface area contributed by atoms with Crippen molar-refractivity contribution < 1.29 is 13.2 Å². The molecule has 1 aliphatic heterocycles. The van der Waals surface area contributed by atoms with Crippen LogP contribution in [-0.4, -0.2) is 6.18 Å². The maximum absolute atomic E-state index is 12.6. The third-order valence-electron chi connectivity index (χ3n) is 2.21. The highest BCUT2D eigenvalue weighted by Crippen LogP contribution is 2.52. The van der Waals surface area contributed by atoms with Crippen molar-refractivity contribution >= 4 is 15.9 Å². The van der Waals surface area contributed by atoms with E-state index in [0.29, 0.717) is 5.33 Å². The van der Waals surface area contributed by atoms with Gasteiger partial charge in [-0.3, -0.25) is 0 Å². The summed E-state index contributed by atoms with van der Waals surface area (Å²) in [6.07, 6.45) is -4.44. The minimum absolute atomic E-state index is 0.0692. The van der Waals surface area contributed by atoms with Crippen molar-refractivity contribution in [3.05, 3.63) is 35.4 Å². The van der Waals surface area contributed by atoms with E-state index < -0.39 is 11.8 Å². The molecule has 2 rings (SSSR count). The summed E-state index contributed by atoms with van der Waals surface area (Å²) in [7, 11) is 0. The monoisotopic (exact) mass is 278 g/mol. The summed E-state index contributed by atoms with van der Waals surface area (Å²) in [5.41, 5.74) is -1.31. The molecule has 0 aromatic heterocycles. The van der Waals surface area contributed by atoms with Crippen LogP contribution in [0.2, 0.25) is 0 Å². The summed E-state index contributed by atoms with van der Waals surface area (Å²) >= 11 is 3.22. The lowest BCUT2D eigenvalue weighted by atomic mass is 10.0. The van der Waals surface area contributed by atoms with E-state index in [1.54, 1.807) is 12.1 Å². The van der Waals surface area contributed by atoms with E-state index in [0.717, 1.165) is 5.56 Å². The zero-order valence-corrected chi connectivity index (χ0v) is 9.01. The first-order chi connectivity index (χ1) is 6.99. The molecule has 6 heteroatoms. The number of hydrogen-bond acceptors (Lipinski definition) is 2. The van der Waals surface area contributed by atoms with Gasteiger partial charge in [0.2, 0.25) is 0 Å². The van der Waals surface area contributed by atoms with Crippen molar-refractivity contribution in [3.63, 3.8) is 0 Å². The Kier molecular flexibility index (Phi) is 2.33. The molecule has 1 aromatic rings. The molecule has 80 valence electrons. The molecule has 0 unspecified atom stereocenters. The summed E-state index contributed by atoms with van der Waals surface area (Å²) < 4.78 is 37.7. The largest absolute Gasteiger partial charge is 0.442 e. The number of nitrogens with zero attached hydrogens (tertiary/aromatic N) is 2. The number of hydrogen-bond donors (Lipinski definition) is 0. The van der Waals surface area contributed by atoms with Crippen LogP contribution >= 0.6 is 15.9 Å². The second kappa shape index (κ2) is 3.30. The normalized spacial score (nSPS) is 17.9. The molecule has 0 saturated heterocycles. The average Bonchev–Trinajstić information content (AvgIpc) is 2.98. The lowest BCUT2D eigenvalue weighted by molar-refractivity contribution is -0.166. The first-order valence-electron chi connectivity index (χ1n) is 4.16. The minimum atomic E-state index is -4.44. The van der Waals surface area contributed by atoms with Gasteiger partial charge in [0.25, 0.3) is 0 Å². The Balaban J connectivity index is 2.31. The molecule has 0 amide bonds. The molecular weight excluding hydrogens is 273 g/mol. The van der Waals surface area contributed by atoms with Gasteiger partial charge in [-0.15, -0.1) is 10.2 Å². The molecule has 0 aliphatic carbocycles. The molecule has 0 bridgehead atoms. The quantitative estimate of drug-likeness (QED) is 0.736. The van der Waals surface area contributed by atoms with E-state index in [9.17, 15) is 13.2 Å². The fraction of sp³-hybridized carbons (Fsp3) is 0.333. The summed E-state index contributed by atoms with van der Waals surface area (Å²) in [5, 5.41) is 6.85. The van der Waals surface area contributed by atoms with Crippen LogP contribution in [0.4, 0.5) is 13.2 Å². The van der Waals surface area contributed by atoms with E-state index in [4.69, 9.17) is 0 Å². The fourth-order valence-corrected chi connectivity index (χ4v) is 1.64. The molecule has 0 N–H and O–H groups in total. The molecule has 1 aliphatic rings. The van der Waals surface area contributed by atoms with Crippen molar-refractivity contribution in [1.82, 2.24) is 0 Å². The van der Waals surface area contributed by atoms with E-state index in [1.165, 1.54) is 12.1 Å². The van der Waals surface area contributed by atoms with Gasteiger partial charge in [-0.05, 0) is 5.56 Å². The second-order valence-electron chi connectivity index (χ2n) is 3.20. The number of benzene rings is 1. The molecule has 15 heavy (non-hydrogen) atoms. The zero-order valence-electron chi connectivity index (χ0n) is 7.42. The van der Waals surface area contributed by atoms with Crippen molar-refractivity contribution in [1.29, 1.82) is 0 Å². The minimum Gasteiger partial charge on any atom is -0.166 e. The van der Waals surface area contributed by atoms with Crippen molar-refractivity contribution in [2.24, 2.45) is 10.2 Å². The summed E-state index contributed by atoms with van der Waals surface area (Å²) in [6, 6.07) is 6.07. The zero-order chi connectivity index (χ0) is 11.1. The Morgan fingerprint density at radius 2 is 1.67 bits per heavy atom. The van der Waals surface area contributed by atoms with Gasteiger partial charge in [0, 0.05) is 10.9 Å². The predicted molar refractivity (Wildman–Crippen MR) is 51.7 cm³/mol. The Morgan fingerprint density at radius 1 is 1.13 bits per heavy atom. The topological polar surface area (TPSA) is 24.7 Å². The van der Waals surface area contributed by atoms with Gasteiger partial charge in [-0.1, -0.05) is 40.2 Å². The second-order valence-corrected chi connectivity index (χ2v) is 3.76. The summed E-state index contributed by atoms with van der Waals surface area (Å²) in [4.78, 5) is 0. The number of rotatable bonds is 2. The van der Waals surface area contributed by atoms with Crippen LogP contribution in [0.1, 0.15) is 11.1 Å². The Labute approximate surface area is 92.3 Å². The Bertz CT molecular complexity index is 391. The Hall–Kier alpha value is -0.910. The summed E-state index contributed by atoms with van der Waals surface area (Å²) in [6.45, 7) is 0. The van der Waals surface area contributed by atoms with E-state index in [1.807, 2.05) is 0 Å². The Morgan fingerprint density at radius 3 is 2.00 bits per heavy atom. The molecule has 0 saturated carbocycles. The van der Waals surface area contributed by atoms with Crippen LogP contribution in [0, 0.1) is 0 Å². The highest BCUT2D eigenvalue weighted by Gasteiger charge is 2.65. The van der Waals surface area contributed by atoms with Crippen LogP contribution in [0.3, 0.4) is 0 Å². The molecular formula is C9H6BrF3N2. The smallest absolute Gasteiger partial charge is 0.166 e. The first-order valence-corrected chi connectivity index (χ1v) is 5.28. The number of halogens is 4. The summed E-state index contributed by atoms with van der Waals surface area (Å²) in [5.74, 6) is 0.